The van der Waals surface area contributed by atoms with E-state index in [0.717, 1.165) is 38.2 Å². The van der Waals surface area contributed by atoms with Gasteiger partial charge in [0.15, 0.2) is 22.3 Å². The van der Waals surface area contributed by atoms with Gasteiger partial charge in [-0.25, -0.2) is 4.68 Å². The summed E-state index contributed by atoms with van der Waals surface area (Å²) in [6.45, 7) is 4.90. The molecule has 1 amide bonds. The first kappa shape index (κ1) is 20.3. The lowest BCUT2D eigenvalue weighted by atomic mass is 10.2. The van der Waals surface area contributed by atoms with Gasteiger partial charge in [-0.3, -0.25) is 4.79 Å². The molecule has 0 aliphatic carbocycles. The summed E-state index contributed by atoms with van der Waals surface area (Å²) in [6.07, 6.45) is 0. The maximum atomic E-state index is 12.5. The van der Waals surface area contributed by atoms with Gasteiger partial charge >= 0.3 is 0 Å². The van der Waals surface area contributed by atoms with Gasteiger partial charge in [0.05, 0.1) is 22.6 Å². The van der Waals surface area contributed by atoms with Crippen LogP contribution in [0, 0.1) is 13.8 Å². The number of aromatic nitrogens is 3. The number of thiazole rings is 1. The number of likely N-dealkylation sites (N-methyl/N-ethyl adjacent to an activating group) is 1. The van der Waals surface area contributed by atoms with E-state index >= 15 is 0 Å². The van der Waals surface area contributed by atoms with E-state index in [9.17, 15) is 4.79 Å². The summed E-state index contributed by atoms with van der Waals surface area (Å²) in [5, 5.41) is 8.38. The van der Waals surface area contributed by atoms with Crippen LogP contribution < -0.4 is 19.7 Å². The number of nitrogens with zero attached hydrogens (tertiary/aromatic N) is 4. The average Bonchev–Trinajstić information content (AvgIpc) is 3.49. The van der Waals surface area contributed by atoms with E-state index in [1.165, 1.54) is 5.56 Å². The van der Waals surface area contributed by atoms with Gasteiger partial charge in [-0.15, -0.1) is 0 Å². The molecule has 0 radical (unpaired) electrons. The van der Waals surface area contributed by atoms with Gasteiger partial charge in [-0.2, -0.15) is 10.1 Å². The average molecular weight is 450 g/mol. The van der Waals surface area contributed by atoms with Gasteiger partial charge < -0.3 is 19.7 Å². The Morgan fingerprint density at radius 2 is 1.94 bits per heavy atom. The molecule has 8 nitrogen and oxygen atoms in total. The van der Waals surface area contributed by atoms with Gasteiger partial charge in [0.1, 0.15) is 0 Å². The molecule has 0 unspecified atom stereocenters. The summed E-state index contributed by atoms with van der Waals surface area (Å²) in [6, 6.07) is 13.9. The molecule has 3 heterocycles. The number of aryl methyl sites for hydroxylation is 2. The van der Waals surface area contributed by atoms with Crippen LogP contribution in [0.4, 0.5) is 5.13 Å². The third kappa shape index (κ3) is 3.87. The summed E-state index contributed by atoms with van der Waals surface area (Å²) in [4.78, 5) is 19.2. The lowest BCUT2D eigenvalue weighted by Gasteiger charge is -2.15. The predicted molar refractivity (Wildman–Crippen MR) is 124 cm³/mol. The molecule has 1 N–H and O–H groups in total. The first-order valence-electron chi connectivity index (χ1n) is 10.3. The standard InChI is InChI=1S/C23H23N5O3S/c1-14-4-7-17(8-5-14)28-22-21(15(2)26-28)32-23(25-22)27(3)12-20(29)24-11-16-6-9-18-19(10-16)31-13-30-18/h4-10H,11-13H2,1-3H3,(H,24,29). The van der Waals surface area contributed by atoms with Gasteiger partial charge in [0.2, 0.25) is 12.7 Å². The number of hydrogen-bond donors (Lipinski definition) is 1. The van der Waals surface area contributed by atoms with Crippen molar-refractivity contribution in [3.63, 3.8) is 0 Å². The molecule has 32 heavy (non-hydrogen) atoms. The maximum absolute atomic E-state index is 12.5. The second-order valence-corrected chi connectivity index (χ2v) is 8.78. The molecule has 0 saturated heterocycles. The molecule has 4 aromatic rings. The summed E-state index contributed by atoms with van der Waals surface area (Å²) in [7, 11) is 1.87. The molecule has 0 fully saturated rings. The number of amides is 1. The van der Waals surface area contributed by atoms with Crippen molar-refractivity contribution in [1.29, 1.82) is 0 Å². The first-order chi connectivity index (χ1) is 15.5. The Morgan fingerprint density at radius 1 is 1.16 bits per heavy atom. The number of carbonyl (C=O) groups excluding carboxylic acids is 1. The zero-order valence-electron chi connectivity index (χ0n) is 18.1. The van der Waals surface area contributed by atoms with Crippen LogP contribution in [-0.4, -0.2) is 41.1 Å². The fraction of sp³-hybridized carbons (Fsp3) is 0.261. The zero-order chi connectivity index (χ0) is 22.2. The number of nitrogens with one attached hydrogen (secondary N) is 1. The van der Waals surface area contributed by atoms with E-state index < -0.39 is 0 Å². The molecule has 1 aliphatic rings. The van der Waals surface area contributed by atoms with Crippen molar-refractivity contribution in [3.8, 4) is 17.2 Å². The minimum Gasteiger partial charge on any atom is -0.454 e. The largest absolute Gasteiger partial charge is 0.454 e. The fourth-order valence-electron chi connectivity index (χ4n) is 3.54. The van der Waals surface area contributed by atoms with E-state index in [1.54, 1.807) is 11.3 Å². The van der Waals surface area contributed by atoms with E-state index in [4.69, 9.17) is 14.5 Å². The molecule has 1 aliphatic heterocycles. The van der Waals surface area contributed by atoms with Crippen LogP contribution in [0.2, 0.25) is 0 Å². The van der Waals surface area contributed by atoms with Crippen LogP contribution in [0.1, 0.15) is 16.8 Å². The first-order valence-corrected chi connectivity index (χ1v) is 11.1. The third-order valence-electron chi connectivity index (χ3n) is 5.29. The Labute approximate surface area is 189 Å². The van der Waals surface area contributed by atoms with Crippen molar-refractivity contribution in [2.45, 2.75) is 20.4 Å². The number of rotatable bonds is 6. The van der Waals surface area contributed by atoms with E-state index in [-0.39, 0.29) is 19.2 Å². The van der Waals surface area contributed by atoms with Crippen LogP contribution in [-0.2, 0) is 11.3 Å². The Kier molecular flexibility index (Phi) is 5.18. The highest BCUT2D eigenvalue weighted by Gasteiger charge is 2.19. The number of ether oxygens (including phenoxy) is 2. The molecular weight excluding hydrogens is 426 g/mol. The Hall–Kier alpha value is -3.59. The van der Waals surface area contributed by atoms with Crippen molar-refractivity contribution in [2.75, 3.05) is 25.3 Å². The third-order valence-corrected chi connectivity index (χ3v) is 6.56. The van der Waals surface area contributed by atoms with Crippen molar-refractivity contribution >= 4 is 32.7 Å². The van der Waals surface area contributed by atoms with E-state index in [2.05, 4.69) is 29.5 Å². The second-order valence-electron chi connectivity index (χ2n) is 7.80. The van der Waals surface area contributed by atoms with Crippen LogP contribution in [0.15, 0.2) is 42.5 Å². The SMILES string of the molecule is Cc1ccc(-n2nc(C)c3sc(N(C)CC(=O)NCc4ccc5c(c4)OCO5)nc32)cc1. The van der Waals surface area contributed by atoms with Crippen molar-refractivity contribution < 1.29 is 14.3 Å². The molecule has 0 atom stereocenters. The molecule has 2 aromatic heterocycles. The molecule has 5 rings (SSSR count). The number of benzene rings is 2. The summed E-state index contributed by atoms with van der Waals surface area (Å²) < 4.78 is 13.6. The normalized spacial score (nSPS) is 12.3. The molecule has 0 spiro atoms. The second kappa shape index (κ2) is 8.16. The number of fused-ring (bicyclic) bond motifs is 2. The highest BCUT2D eigenvalue weighted by Crippen LogP contribution is 2.33. The van der Waals surface area contributed by atoms with Crippen molar-refractivity contribution in [2.24, 2.45) is 0 Å². The number of hydrogen-bond acceptors (Lipinski definition) is 7. The minimum atomic E-state index is -0.0821. The molecular formula is C23H23N5O3S. The predicted octanol–water partition coefficient (Wildman–Crippen LogP) is 3.58. The molecule has 0 saturated carbocycles. The van der Waals surface area contributed by atoms with E-state index in [1.807, 2.05) is 53.9 Å². The van der Waals surface area contributed by atoms with Crippen molar-refractivity contribution in [3.05, 3.63) is 59.3 Å². The minimum absolute atomic E-state index is 0.0821. The van der Waals surface area contributed by atoms with Crippen LogP contribution in [0.5, 0.6) is 11.5 Å². The Balaban J connectivity index is 1.27. The summed E-state index contributed by atoms with van der Waals surface area (Å²) in [5.41, 5.74) is 4.84. The Morgan fingerprint density at radius 3 is 2.75 bits per heavy atom. The molecule has 2 aromatic carbocycles. The topological polar surface area (TPSA) is 81.5 Å². The van der Waals surface area contributed by atoms with Crippen LogP contribution >= 0.6 is 11.3 Å². The summed E-state index contributed by atoms with van der Waals surface area (Å²) >= 11 is 1.54. The van der Waals surface area contributed by atoms with Gasteiger partial charge in [-0.05, 0) is 43.7 Å². The highest BCUT2D eigenvalue weighted by molar-refractivity contribution is 7.22. The number of carbonyl (C=O) groups is 1. The molecule has 0 bridgehead atoms. The monoisotopic (exact) mass is 449 g/mol. The fourth-order valence-corrected chi connectivity index (χ4v) is 4.49. The maximum Gasteiger partial charge on any atom is 0.239 e. The zero-order valence-corrected chi connectivity index (χ0v) is 18.9. The quantitative estimate of drug-likeness (QED) is 0.485. The van der Waals surface area contributed by atoms with Crippen molar-refractivity contribution in [1.82, 2.24) is 20.1 Å². The summed E-state index contributed by atoms with van der Waals surface area (Å²) in [5.74, 6) is 1.36. The van der Waals surface area contributed by atoms with Crippen LogP contribution in [0.25, 0.3) is 16.0 Å². The van der Waals surface area contributed by atoms with Crippen LogP contribution in [0.3, 0.4) is 0 Å². The molecule has 164 valence electrons. The number of anilines is 1. The Bertz CT molecular complexity index is 1300. The lowest BCUT2D eigenvalue weighted by molar-refractivity contribution is -0.119. The van der Waals surface area contributed by atoms with Gasteiger partial charge in [0, 0.05) is 13.6 Å². The highest BCUT2D eigenvalue weighted by atomic mass is 32.1. The lowest BCUT2D eigenvalue weighted by Crippen LogP contribution is -2.34. The smallest absolute Gasteiger partial charge is 0.239 e. The van der Waals surface area contributed by atoms with Gasteiger partial charge in [0.25, 0.3) is 0 Å². The van der Waals surface area contributed by atoms with E-state index in [0.29, 0.717) is 12.3 Å². The molecule has 9 heteroatoms. The van der Waals surface area contributed by atoms with Gasteiger partial charge in [-0.1, -0.05) is 35.1 Å².